The van der Waals surface area contributed by atoms with E-state index in [1.54, 1.807) is 0 Å². The molecule has 1 aliphatic heterocycles. The zero-order chi connectivity index (χ0) is 36.7. The van der Waals surface area contributed by atoms with Crippen LogP contribution in [0, 0.1) is 6.92 Å². The highest BCUT2D eigenvalue weighted by Crippen LogP contribution is 2.57. The summed E-state index contributed by atoms with van der Waals surface area (Å²) in [5.41, 5.74) is 2.92. The number of phenols is 3. The molecule has 1 saturated heterocycles. The summed E-state index contributed by atoms with van der Waals surface area (Å²) in [4.78, 5) is 52.5. The molecule has 264 valence electrons. The van der Waals surface area contributed by atoms with Crippen molar-refractivity contribution in [2.45, 2.75) is 69.7 Å². The van der Waals surface area contributed by atoms with Crippen molar-refractivity contribution in [3.63, 3.8) is 0 Å². The molecule has 0 radical (unpaired) electrons. The second-order valence-corrected chi connectivity index (χ2v) is 12.5. The van der Waals surface area contributed by atoms with Gasteiger partial charge in [0.1, 0.15) is 53.5 Å². The first-order valence-corrected chi connectivity index (χ1v) is 15.4. The Labute approximate surface area is 283 Å². The van der Waals surface area contributed by atoms with E-state index in [4.69, 9.17) is 19.9 Å². The van der Waals surface area contributed by atoms with E-state index in [0.29, 0.717) is 0 Å². The van der Waals surface area contributed by atoms with Crippen molar-refractivity contribution in [1.29, 1.82) is 0 Å². The van der Waals surface area contributed by atoms with Gasteiger partial charge in [0.15, 0.2) is 17.9 Å². The molecule has 0 aromatic heterocycles. The Morgan fingerprint density at radius 3 is 2.16 bits per heavy atom. The molecule has 6 rings (SSSR count). The van der Waals surface area contributed by atoms with E-state index in [-0.39, 0.29) is 44.7 Å². The largest absolute Gasteiger partial charge is 0.507 e. The summed E-state index contributed by atoms with van der Waals surface area (Å²) < 4.78 is 16.9. The summed E-state index contributed by atoms with van der Waals surface area (Å²) in [6.45, 7) is 4.12. The van der Waals surface area contributed by atoms with Crippen LogP contribution in [0.15, 0.2) is 24.3 Å². The summed E-state index contributed by atoms with van der Waals surface area (Å²) in [6.07, 6.45) is -9.07. The minimum Gasteiger partial charge on any atom is -0.507 e. The van der Waals surface area contributed by atoms with Crippen molar-refractivity contribution in [1.82, 2.24) is 5.32 Å². The van der Waals surface area contributed by atoms with Gasteiger partial charge in [-0.1, -0.05) is 6.07 Å². The number of aryl methyl sites for hydroxylation is 1. The number of aliphatic carboxylic acids is 1. The number of fused-ring (bicyclic) bond motifs is 5. The number of phenolic OH excluding ortho intramolecular Hbond substituents is 3. The van der Waals surface area contributed by atoms with Gasteiger partial charge in [0.05, 0.1) is 35.9 Å². The van der Waals surface area contributed by atoms with Crippen molar-refractivity contribution >= 4 is 23.4 Å². The van der Waals surface area contributed by atoms with Crippen molar-refractivity contribution in [2.75, 3.05) is 7.11 Å². The molecular formula is C34H34N2O14. The second kappa shape index (κ2) is 12.3. The Morgan fingerprint density at radius 2 is 1.52 bits per heavy atom. The highest BCUT2D eigenvalue weighted by Gasteiger charge is 2.48. The molecule has 3 aromatic carbocycles. The molecule has 0 spiro atoms. The number of ether oxygens (including phenoxy) is 3. The van der Waals surface area contributed by atoms with Gasteiger partial charge in [0.25, 0.3) is 5.91 Å². The zero-order valence-electron chi connectivity index (χ0n) is 27.0. The molecule has 16 nitrogen and oxygen atoms in total. The Hall–Kier alpha value is -5.10. The molecule has 3 aliphatic rings. The standard InChI is InChI=1S/C34H34N2O14/c1-9-5-16-21(27(41)18(9)32(45)36-10(2)33(46)47)20-14(26(40)31(16)50-34-30(44)29(43)23(35)11(3)49-34)8-15-22(28(20)42)25(39)13-6-12(48-4)7-17(37)19(13)24(15)38/h5-8,10-11,23,26,29-31,34,37,40-44H,35H2,1-4H3,(H,36,45)(H,46,47). The zero-order valence-corrected chi connectivity index (χ0v) is 27.0. The van der Waals surface area contributed by atoms with Crippen LogP contribution in [0.2, 0.25) is 0 Å². The second-order valence-electron chi connectivity index (χ2n) is 12.5. The number of nitrogens with one attached hydrogen (secondary N) is 1. The molecule has 1 amide bonds. The predicted molar refractivity (Wildman–Crippen MR) is 169 cm³/mol. The number of carbonyl (C=O) groups is 4. The Morgan fingerprint density at radius 1 is 0.900 bits per heavy atom. The summed E-state index contributed by atoms with van der Waals surface area (Å²) in [7, 11) is 1.28. The van der Waals surface area contributed by atoms with Gasteiger partial charge in [-0.15, -0.1) is 0 Å². The fraction of sp³-hybridized carbons (Fsp3) is 0.353. The SMILES string of the molecule is COc1cc(O)c2c(c1)C(=O)c1c(cc3c(c1O)-c1c(cc(C)c(C(=O)NC(C)C(=O)O)c1O)C(OC1OC(C)C(N)C(O)C1O)C3O)C2=O. The van der Waals surface area contributed by atoms with Crippen molar-refractivity contribution < 1.29 is 69.1 Å². The summed E-state index contributed by atoms with van der Waals surface area (Å²) in [5.74, 6) is -6.39. The third-order valence-electron chi connectivity index (χ3n) is 9.43. The number of hydrogen-bond acceptors (Lipinski definition) is 14. The summed E-state index contributed by atoms with van der Waals surface area (Å²) >= 11 is 0. The monoisotopic (exact) mass is 694 g/mol. The topological polar surface area (TPSA) is 276 Å². The number of aromatic hydroxyl groups is 3. The van der Waals surface area contributed by atoms with E-state index in [0.717, 1.165) is 12.1 Å². The Bertz CT molecular complexity index is 1990. The minimum atomic E-state index is -1.81. The lowest BCUT2D eigenvalue weighted by Gasteiger charge is -2.43. The number of aliphatic hydroxyl groups excluding tert-OH is 3. The lowest BCUT2D eigenvalue weighted by molar-refractivity contribution is -0.293. The lowest BCUT2D eigenvalue weighted by atomic mass is 9.74. The fourth-order valence-electron chi connectivity index (χ4n) is 6.72. The Balaban J connectivity index is 1.60. The molecule has 2 aliphatic carbocycles. The van der Waals surface area contributed by atoms with Gasteiger partial charge in [-0.2, -0.15) is 0 Å². The minimum absolute atomic E-state index is 0.0379. The average molecular weight is 695 g/mol. The van der Waals surface area contributed by atoms with Crippen molar-refractivity contribution in [2.24, 2.45) is 5.73 Å². The maximum atomic E-state index is 13.9. The van der Waals surface area contributed by atoms with E-state index in [1.165, 1.54) is 40.0 Å². The van der Waals surface area contributed by atoms with Gasteiger partial charge in [-0.25, -0.2) is 0 Å². The molecule has 50 heavy (non-hydrogen) atoms. The number of carbonyl (C=O) groups excluding carboxylic acids is 3. The first-order valence-electron chi connectivity index (χ1n) is 15.4. The van der Waals surface area contributed by atoms with Crippen LogP contribution >= 0.6 is 0 Å². The lowest BCUT2D eigenvalue weighted by Crippen LogP contribution is -2.61. The molecule has 3 aromatic rings. The maximum absolute atomic E-state index is 13.9. The number of rotatable bonds is 6. The van der Waals surface area contributed by atoms with Crippen LogP contribution in [0.3, 0.4) is 0 Å². The molecule has 1 heterocycles. The molecule has 1 fully saturated rings. The Kier molecular flexibility index (Phi) is 8.58. The molecule has 10 N–H and O–H groups in total. The van der Waals surface area contributed by atoms with Gasteiger partial charge >= 0.3 is 5.97 Å². The van der Waals surface area contributed by atoms with Gasteiger partial charge in [0.2, 0.25) is 0 Å². The van der Waals surface area contributed by atoms with Gasteiger partial charge in [-0.05, 0) is 49.6 Å². The molecule has 8 atom stereocenters. The van der Waals surface area contributed by atoms with E-state index >= 15 is 0 Å². The van der Waals surface area contributed by atoms with Gasteiger partial charge in [-0.3, -0.25) is 19.2 Å². The number of nitrogens with two attached hydrogens (primary N) is 1. The highest BCUT2D eigenvalue weighted by atomic mass is 16.7. The van der Waals surface area contributed by atoms with Crippen LogP contribution in [0.1, 0.15) is 84.9 Å². The van der Waals surface area contributed by atoms with Gasteiger partial charge in [0, 0.05) is 28.3 Å². The number of benzene rings is 3. The normalized spacial score (nSPS) is 25.9. The van der Waals surface area contributed by atoms with E-state index in [1.807, 2.05) is 0 Å². The van der Waals surface area contributed by atoms with Crippen molar-refractivity contribution in [3.8, 4) is 34.1 Å². The molecular weight excluding hydrogens is 660 g/mol. The third-order valence-corrected chi connectivity index (χ3v) is 9.43. The van der Waals surface area contributed by atoms with Crippen LogP contribution in [-0.4, -0.2) is 103 Å². The number of carboxylic acids is 1. The van der Waals surface area contributed by atoms with Crippen LogP contribution in [0.25, 0.3) is 11.1 Å². The number of methoxy groups -OCH3 is 1. The van der Waals surface area contributed by atoms with Crippen LogP contribution in [-0.2, 0) is 14.3 Å². The molecule has 0 bridgehead atoms. The van der Waals surface area contributed by atoms with Crippen molar-refractivity contribution in [3.05, 3.63) is 68.8 Å². The van der Waals surface area contributed by atoms with Crippen LogP contribution in [0.4, 0.5) is 0 Å². The smallest absolute Gasteiger partial charge is 0.325 e. The van der Waals surface area contributed by atoms with E-state index in [9.17, 15) is 54.9 Å². The highest BCUT2D eigenvalue weighted by molar-refractivity contribution is 6.31. The molecule has 16 heteroatoms. The van der Waals surface area contributed by atoms with E-state index in [2.05, 4.69) is 5.32 Å². The van der Waals surface area contributed by atoms with E-state index < -0.39 is 106 Å². The number of ketones is 2. The first kappa shape index (κ1) is 34.8. The average Bonchev–Trinajstić information content (AvgIpc) is 3.06. The summed E-state index contributed by atoms with van der Waals surface area (Å²) in [6, 6.07) is 2.34. The first-order chi connectivity index (χ1) is 23.5. The van der Waals surface area contributed by atoms with Gasteiger partial charge < -0.3 is 61.0 Å². The molecule has 8 unspecified atom stereocenters. The number of aliphatic hydroxyl groups is 3. The molecule has 0 saturated carbocycles. The quantitative estimate of drug-likeness (QED) is 0.134. The predicted octanol–water partition coefficient (Wildman–Crippen LogP) is 0.664. The van der Waals surface area contributed by atoms with Crippen LogP contribution in [0.5, 0.6) is 23.0 Å². The third kappa shape index (κ3) is 5.15. The van der Waals surface area contributed by atoms with Crippen LogP contribution < -0.4 is 15.8 Å². The fourth-order valence-corrected chi connectivity index (χ4v) is 6.72. The number of carboxylic acid groups (broad SMARTS) is 1. The number of hydrogen-bond donors (Lipinski definition) is 9. The summed E-state index contributed by atoms with van der Waals surface area (Å²) in [5, 5.41) is 79.1. The maximum Gasteiger partial charge on any atom is 0.325 e. The number of amides is 1.